The summed E-state index contributed by atoms with van der Waals surface area (Å²) in [6.45, 7) is 0. The normalized spacial score (nSPS) is 16.6. The largest absolute Gasteiger partial charge is 0.396 e. The van der Waals surface area contributed by atoms with Crippen LogP contribution in [0.1, 0.15) is 42.2 Å². The Morgan fingerprint density at radius 2 is 2.12 bits per heavy atom. The summed E-state index contributed by atoms with van der Waals surface area (Å²) in [4.78, 5) is 13.5. The van der Waals surface area contributed by atoms with Crippen LogP contribution < -0.4 is 5.73 Å². The van der Waals surface area contributed by atoms with Gasteiger partial charge in [0.1, 0.15) is 5.69 Å². The van der Waals surface area contributed by atoms with E-state index in [4.69, 9.17) is 5.73 Å². The minimum atomic E-state index is -0.0677. The number of carbonyl (C=O) groups is 1. The standard InChI is InChI=1S/C11H18N4O/c1-14(2)11(16)10-9(12)7-13-15(10)8-5-3-4-6-8/h7-8H,3-6,12H2,1-2H3. The maximum Gasteiger partial charge on any atom is 0.273 e. The van der Waals surface area contributed by atoms with E-state index in [0.717, 1.165) is 12.8 Å². The Kier molecular flexibility index (Phi) is 2.85. The molecule has 1 aliphatic rings. The first-order valence-corrected chi connectivity index (χ1v) is 5.66. The fraction of sp³-hybridized carbons (Fsp3) is 0.636. The van der Waals surface area contributed by atoms with E-state index in [9.17, 15) is 4.79 Å². The number of carbonyl (C=O) groups excluding carboxylic acids is 1. The Morgan fingerprint density at radius 3 is 2.69 bits per heavy atom. The molecule has 0 aromatic carbocycles. The summed E-state index contributed by atoms with van der Waals surface area (Å²) in [7, 11) is 3.46. The molecule has 1 amide bonds. The second kappa shape index (κ2) is 4.15. The molecule has 0 radical (unpaired) electrons. The fourth-order valence-corrected chi connectivity index (χ4v) is 2.23. The summed E-state index contributed by atoms with van der Waals surface area (Å²) in [6, 6.07) is 0.344. The molecule has 2 rings (SSSR count). The molecule has 0 saturated heterocycles. The molecule has 1 heterocycles. The summed E-state index contributed by atoms with van der Waals surface area (Å²) in [5, 5.41) is 4.25. The highest BCUT2D eigenvalue weighted by atomic mass is 16.2. The van der Waals surface area contributed by atoms with Crippen molar-refractivity contribution in [3.63, 3.8) is 0 Å². The number of hydrogen-bond donors (Lipinski definition) is 1. The van der Waals surface area contributed by atoms with Gasteiger partial charge in [0, 0.05) is 14.1 Å². The minimum Gasteiger partial charge on any atom is -0.396 e. The average molecular weight is 222 g/mol. The number of nitrogens with two attached hydrogens (primary N) is 1. The number of amides is 1. The first-order valence-electron chi connectivity index (χ1n) is 5.66. The zero-order valence-electron chi connectivity index (χ0n) is 9.81. The Balaban J connectivity index is 2.35. The Labute approximate surface area is 95.2 Å². The third-order valence-electron chi connectivity index (χ3n) is 3.10. The van der Waals surface area contributed by atoms with Crippen molar-refractivity contribution in [1.82, 2.24) is 14.7 Å². The van der Waals surface area contributed by atoms with Crippen molar-refractivity contribution >= 4 is 11.6 Å². The molecule has 5 heteroatoms. The van der Waals surface area contributed by atoms with Gasteiger partial charge in [-0.3, -0.25) is 9.48 Å². The lowest BCUT2D eigenvalue weighted by atomic mass is 10.2. The van der Waals surface area contributed by atoms with Crippen LogP contribution in [-0.2, 0) is 0 Å². The van der Waals surface area contributed by atoms with Gasteiger partial charge in [0.2, 0.25) is 0 Å². The van der Waals surface area contributed by atoms with Gasteiger partial charge in [-0.15, -0.1) is 0 Å². The third kappa shape index (κ3) is 1.77. The van der Waals surface area contributed by atoms with Crippen LogP contribution in [0.5, 0.6) is 0 Å². The van der Waals surface area contributed by atoms with Crippen LogP contribution >= 0.6 is 0 Å². The van der Waals surface area contributed by atoms with E-state index >= 15 is 0 Å². The van der Waals surface area contributed by atoms with Crippen molar-refractivity contribution in [3.05, 3.63) is 11.9 Å². The highest BCUT2D eigenvalue weighted by Gasteiger charge is 2.25. The van der Waals surface area contributed by atoms with Crippen LogP contribution in [0.4, 0.5) is 5.69 Å². The van der Waals surface area contributed by atoms with Crippen LogP contribution in [-0.4, -0.2) is 34.7 Å². The number of aromatic nitrogens is 2. The van der Waals surface area contributed by atoms with E-state index in [-0.39, 0.29) is 5.91 Å². The van der Waals surface area contributed by atoms with E-state index in [0.29, 0.717) is 17.4 Å². The first kappa shape index (κ1) is 11.0. The number of anilines is 1. The number of nitrogens with zero attached hydrogens (tertiary/aromatic N) is 3. The van der Waals surface area contributed by atoms with Gasteiger partial charge < -0.3 is 10.6 Å². The monoisotopic (exact) mass is 222 g/mol. The van der Waals surface area contributed by atoms with Gasteiger partial charge in [-0.25, -0.2) is 0 Å². The molecule has 1 aromatic rings. The number of rotatable bonds is 2. The predicted octanol–water partition coefficient (Wildman–Crippen LogP) is 1.28. The summed E-state index contributed by atoms with van der Waals surface area (Å²) < 4.78 is 1.81. The molecule has 0 aliphatic heterocycles. The topological polar surface area (TPSA) is 64.2 Å². The number of nitrogen functional groups attached to an aromatic ring is 1. The van der Waals surface area contributed by atoms with E-state index in [1.165, 1.54) is 12.8 Å². The predicted molar refractivity (Wildman–Crippen MR) is 62.2 cm³/mol. The third-order valence-corrected chi connectivity index (χ3v) is 3.10. The molecule has 1 saturated carbocycles. The van der Waals surface area contributed by atoms with Crippen LogP contribution in [0.3, 0.4) is 0 Å². The molecule has 1 aromatic heterocycles. The van der Waals surface area contributed by atoms with Crippen molar-refractivity contribution in [2.75, 3.05) is 19.8 Å². The molecule has 5 nitrogen and oxygen atoms in total. The number of hydrogen-bond acceptors (Lipinski definition) is 3. The molecule has 0 unspecified atom stereocenters. The average Bonchev–Trinajstić information content (AvgIpc) is 2.84. The molecule has 0 spiro atoms. The maximum atomic E-state index is 12.0. The molecule has 88 valence electrons. The lowest BCUT2D eigenvalue weighted by Gasteiger charge is -2.16. The van der Waals surface area contributed by atoms with Gasteiger partial charge in [-0.2, -0.15) is 5.10 Å². The van der Waals surface area contributed by atoms with Crippen LogP contribution in [0.25, 0.3) is 0 Å². The molecule has 1 fully saturated rings. The quantitative estimate of drug-likeness (QED) is 0.819. The molecular weight excluding hydrogens is 204 g/mol. The van der Waals surface area contributed by atoms with Crippen molar-refractivity contribution < 1.29 is 4.79 Å². The summed E-state index contributed by atoms with van der Waals surface area (Å²) in [5.41, 5.74) is 6.83. The van der Waals surface area contributed by atoms with E-state index in [1.54, 1.807) is 25.2 Å². The summed E-state index contributed by atoms with van der Waals surface area (Å²) >= 11 is 0. The van der Waals surface area contributed by atoms with Crippen molar-refractivity contribution in [2.24, 2.45) is 0 Å². The zero-order chi connectivity index (χ0) is 11.7. The lowest BCUT2D eigenvalue weighted by Crippen LogP contribution is -2.27. The highest BCUT2D eigenvalue weighted by molar-refractivity contribution is 5.97. The zero-order valence-corrected chi connectivity index (χ0v) is 9.81. The second-order valence-corrected chi connectivity index (χ2v) is 4.53. The van der Waals surface area contributed by atoms with Gasteiger partial charge in [-0.05, 0) is 12.8 Å². The molecule has 0 atom stereocenters. The molecule has 1 aliphatic carbocycles. The van der Waals surface area contributed by atoms with Gasteiger partial charge in [0.15, 0.2) is 0 Å². The molecule has 16 heavy (non-hydrogen) atoms. The fourth-order valence-electron chi connectivity index (χ4n) is 2.23. The SMILES string of the molecule is CN(C)C(=O)c1c(N)cnn1C1CCCC1. The Bertz CT molecular complexity index is 391. The van der Waals surface area contributed by atoms with Gasteiger partial charge >= 0.3 is 0 Å². The van der Waals surface area contributed by atoms with Gasteiger partial charge in [0.25, 0.3) is 5.91 Å². The van der Waals surface area contributed by atoms with Crippen LogP contribution in [0.15, 0.2) is 6.20 Å². The first-order chi connectivity index (χ1) is 7.61. The van der Waals surface area contributed by atoms with Gasteiger partial charge in [0.05, 0.1) is 17.9 Å². The van der Waals surface area contributed by atoms with E-state index in [2.05, 4.69) is 5.10 Å². The Hall–Kier alpha value is -1.52. The van der Waals surface area contributed by atoms with Crippen molar-refractivity contribution in [1.29, 1.82) is 0 Å². The summed E-state index contributed by atoms with van der Waals surface area (Å²) in [6.07, 6.45) is 6.18. The van der Waals surface area contributed by atoms with E-state index < -0.39 is 0 Å². The maximum absolute atomic E-state index is 12.0. The summed E-state index contributed by atoms with van der Waals surface area (Å²) in [5.74, 6) is -0.0677. The lowest BCUT2D eigenvalue weighted by molar-refractivity contribution is 0.0813. The van der Waals surface area contributed by atoms with E-state index in [1.807, 2.05) is 4.68 Å². The van der Waals surface area contributed by atoms with Crippen LogP contribution in [0.2, 0.25) is 0 Å². The minimum absolute atomic E-state index is 0.0677. The molecule has 2 N–H and O–H groups in total. The van der Waals surface area contributed by atoms with Gasteiger partial charge in [-0.1, -0.05) is 12.8 Å². The Morgan fingerprint density at radius 1 is 1.50 bits per heavy atom. The smallest absolute Gasteiger partial charge is 0.273 e. The second-order valence-electron chi connectivity index (χ2n) is 4.53. The molecule has 0 bridgehead atoms. The van der Waals surface area contributed by atoms with Crippen molar-refractivity contribution in [2.45, 2.75) is 31.7 Å². The van der Waals surface area contributed by atoms with Crippen LogP contribution in [0, 0.1) is 0 Å². The molecular formula is C11H18N4O. The van der Waals surface area contributed by atoms with Crippen molar-refractivity contribution in [3.8, 4) is 0 Å². The highest BCUT2D eigenvalue weighted by Crippen LogP contribution is 2.31.